The zero-order valence-electron chi connectivity index (χ0n) is 8.47. The standard InChI is InChI=1S/C12H14FN/c1-3-8-14-10(2)9-11-4-6-12(13)7-5-11/h4-7,10,14H,9H2,1-2H3. The van der Waals surface area contributed by atoms with Crippen LogP contribution >= 0.6 is 0 Å². The average molecular weight is 191 g/mol. The first kappa shape index (κ1) is 10.6. The Kier molecular flexibility index (Phi) is 4.00. The minimum absolute atomic E-state index is 0.192. The summed E-state index contributed by atoms with van der Waals surface area (Å²) in [6, 6.07) is 9.65. The van der Waals surface area contributed by atoms with Gasteiger partial charge in [-0.3, -0.25) is 0 Å². The number of halogens is 1. The normalized spacial score (nSPS) is 11.4. The summed E-state index contributed by atoms with van der Waals surface area (Å²) in [6.07, 6.45) is 0.856. The molecule has 0 saturated heterocycles. The van der Waals surface area contributed by atoms with Crippen LogP contribution in [0.15, 0.2) is 24.3 Å². The molecule has 0 aromatic heterocycles. The molecule has 0 bridgehead atoms. The topological polar surface area (TPSA) is 12.0 Å². The van der Waals surface area contributed by atoms with Crippen molar-refractivity contribution in [1.29, 1.82) is 0 Å². The minimum Gasteiger partial charge on any atom is -0.343 e. The molecule has 14 heavy (non-hydrogen) atoms. The van der Waals surface area contributed by atoms with Crippen LogP contribution in [0.25, 0.3) is 0 Å². The Balaban J connectivity index is 2.50. The SMILES string of the molecule is CC#CNC(C)Cc1ccc(F)cc1. The summed E-state index contributed by atoms with van der Waals surface area (Å²) in [5.41, 5.74) is 1.12. The Hall–Kier alpha value is -1.49. The van der Waals surface area contributed by atoms with Gasteiger partial charge in [0, 0.05) is 12.1 Å². The molecule has 2 heteroatoms. The molecule has 0 radical (unpaired) electrons. The molecule has 0 amide bonds. The van der Waals surface area contributed by atoms with E-state index in [2.05, 4.69) is 17.3 Å². The van der Waals surface area contributed by atoms with Crippen molar-refractivity contribution in [2.45, 2.75) is 26.3 Å². The fourth-order valence-electron chi connectivity index (χ4n) is 1.22. The third-order valence-electron chi connectivity index (χ3n) is 1.90. The summed E-state index contributed by atoms with van der Waals surface area (Å²) < 4.78 is 12.6. The minimum atomic E-state index is -0.192. The van der Waals surface area contributed by atoms with E-state index < -0.39 is 0 Å². The number of rotatable bonds is 3. The summed E-state index contributed by atoms with van der Waals surface area (Å²) in [4.78, 5) is 0. The third kappa shape index (κ3) is 3.49. The second-order valence-electron chi connectivity index (χ2n) is 3.25. The molecule has 0 spiro atoms. The van der Waals surface area contributed by atoms with E-state index in [9.17, 15) is 4.39 Å². The van der Waals surface area contributed by atoms with E-state index in [1.54, 1.807) is 19.1 Å². The van der Waals surface area contributed by atoms with Crippen LogP contribution < -0.4 is 5.32 Å². The smallest absolute Gasteiger partial charge is 0.123 e. The molecule has 1 N–H and O–H groups in total. The molecule has 1 unspecified atom stereocenters. The second kappa shape index (κ2) is 5.29. The highest BCUT2D eigenvalue weighted by molar-refractivity contribution is 5.17. The molecule has 1 nitrogen and oxygen atoms in total. The van der Waals surface area contributed by atoms with Crippen LogP contribution in [0.5, 0.6) is 0 Å². The Morgan fingerprint density at radius 2 is 2.00 bits per heavy atom. The Labute approximate surface area is 84.3 Å². The van der Waals surface area contributed by atoms with Gasteiger partial charge in [-0.05, 0) is 38.0 Å². The van der Waals surface area contributed by atoms with Gasteiger partial charge < -0.3 is 5.32 Å². The fourth-order valence-corrected chi connectivity index (χ4v) is 1.22. The highest BCUT2D eigenvalue weighted by Gasteiger charge is 2.00. The maximum absolute atomic E-state index is 12.6. The molecule has 1 aromatic rings. The summed E-state index contributed by atoms with van der Waals surface area (Å²) in [7, 11) is 0. The predicted molar refractivity (Wildman–Crippen MR) is 56.2 cm³/mol. The first-order valence-electron chi connectivity index (χ1n) is 4.64. The lowest BCUT2D eigenvalue weighted by Crippen LogP contribution is -2.23. The molecule has 0 aliphatic rings. The Morgan fingerprint density at radius 1 is 1.36 bits per heavy atom. The molecule has 1 rings (SSSR count). The van der Waals surface area contributed by atoms with Gasteiger partial charge in [-0.2, -0.15) is 0 Å². The lowest BCUT2D eigenvalue weighted by atomic mass is 10.1. The van der Waals surface area contributed by atoms with E-state index in [1.165, 1.54) is 12.1 Å². The highest BCUT2D eigenvalue weighted by Crippen LogP contribution is 2.05. The Bertz CT molecular complexity index is 332. The van der Waals surface area contributed by atoms with Crippen molar-refractivity contribution in [3.05, 3.63) is 35.6 Å². The number of benzene rings is 1. The number of hydrogen-bond donors (Lipinski definition) is 1. The van der Waals surface area contributed by atoms with Crippen LogP contribution in [-0.2, 0) is 6.42 Å². The number of nitrogens with one attached hydrogen (secondary N) is 1. The third-order valence-corrected chi connectivity index (χ3v) is 1.90. The van der Waals surface area contributed by atoms with Gasteiger partial charge >= 0.3 is 0 Å². The van der Waals surface area contributed by atoms with E-state index >= 15 is 0 Å². The van der Waals surface area contributed by atoms with Gasteiger partial charge in [0.25, 0.3) is 0 Å². The first-order valence-corrected chi connectivity index (χ1v) is 4.64. The van der Waals surface area contributed by atoms with Gasteiger partial charge in [0.2, 0.25) is 0 Å². The van der Waals surface area contributed by atoms with E-state index in [0.717, 1.165) is 12.0 Å². The number of hydrogen-bond acceptors (Lipinski definition) is 1. The molecule has 1 aromatic carbocycles. The van der Waals surface area contributed by atoms with E-state index in [1.807, 2.05) is 6.92 Å². The van der Waals surface area contributed by atoms with Gasteiger partial charge in [-0.25, -0.2) is 4.39 Å². The molecule has 0 saturated carbocycles. The van der Waals surface area contributed by atoms with Crippen LogP contribution in [0.2, 0.25) is 0 Å². The van der Waals surface area contributed by atoms with E-state index in [0.29, 0.717) is 0 Å². The van der Waals surface area contributed by atoms with Gasteiger partial charge in [0.05, 0.1) is 0 Å². The maximum Gasteiger partial charge on any atom is 0.123 e. The van der Waals surface area contributed by atoms with Crippen LogP contribution in [0.4, 0.5) is 4.39 Å². The van der Waals surface area contributed by atoms with Gasteiger partial charge in [-0.1, -0.05) is 18.1 Å². The fraction of sp³-hybridized carbons (Fsp3) is 0.333. The van der Waals surface area contributed by atoms with Crippen LogP contribution in [-0.4, -0.2) is 6.04 Å². The van der Waals surface area contributed by atoms with Crippen molar-refractivity contribution in [3.63, 3.8) is 0 Å². The molecule has 0 heterocycles. The first-order chi connectivity index (χ1) is 6.72. The van der Waals surface area contributed by atoms with Crippen LogP contribution in [0.3, 0.4) is 0 Å². The molecular formula is C12H14FN. The van der Waals surface area contributed by atoms with E-state index in [-0.39, 0.29) is 11.9 Å². The van der Waals surface area contributed by atoms with Crippen LogP contribution in [0, 0.1) is 17.8 Å². The van der Waals surface area contributed by atoms with Gasteiger partial charge in [0.1, 0.15) is 5.82 Å². The van der Waals surface area contributed by atoms with E-state index in [4.69, 9.17) is 0 Å². The van der Waals surface area contributed by atoms with Crippen molar-refractivity contribution in [2.75, 3.05) is 0 Å². The quantitative estimate of drug-likeness (QED) is 0.571. The van der Waals surface area contributed by atoms with Crippen LogP contribution in [0.1, 0.15) is 19.4 Å². The largest absolute Gasteiger partial charge is 0.343 e. The van der Waals surface area contributed by atoms with Crippen molar-refractivity contribution in [2.24, 2.45) is 0 Å². The summed E-state index contributed by atoms with van der Waals surface area (Å²) >= 11 is 0. The molecular weight excluding hydrogens is 177 g/mol. The van der Waals surface area contributed by atoms with Gasteiger partial charge in [-0.15, -0.1) is 0 Å². The van der Waals surface area contributed by atoms with Crippen molar-refractivity contribution >= 4 is 0 Å². The molecule has 0 fully saturated rings. The lowest BCUT2D eigenvalue weighted by molar-refractivity contribution is 0.622. The van der Waals surface area contributed by atoms with Crippen molar-refractivity contribution < 1.29 is 4.39 Å². The average Bonchev–Trinajstić information content (AvgIpc) is 2.18. The zero-order chi connectivity index (χ0) is 10.4. The maximum atomic E-state index is 12.6. The molecule has 0 aliphatic carbocycles. The van der Waals surface area contributed by atoms with Gasteiger partial charge in [0.15, 0.2) is 0 Å². The molecule has 74 valence electrons. The molecule has 0 aliphatic heterocycles. The van der Waals surface area contributed by atoms with Crippen molar-refractivity contribution in [1.82, 2.24) is 5.32 Å². The summed E-state index contributed by atoms with van der Waals surface area (Å²) in [5.74, 6) is 2.58. The van der Waals surface area contributed by atoms with Crippen molar-refractivity contribution in [3.8, 4) is 12.0 Å². The monoisotopic (exact) mass is 191 g/mol. The highest BCUT2D eigenvalue weighted by atomic mass is 19.1. The summed E-state index contributed by atoms with van der Waals surface area (Å²) in [6.45, 7) is 3.84. The summed E-state index contributed by atoms with van der Waals surface area (Å²) in [5, 5.41) is 3.04. The molecule has 1 atom stereocenters. The second-order valence-corrected chi connectivity index (χ2v) is 3.25. The predicted octanol–water partition coefficient (Wildman–Crippen LogP) is 2.33. The lowest BCUT2D eigenvalue weighted by Gasteiger charge is -2.09. The zero-order valence-corrected chi connectivity index (χ0v) is 8.47. The Morgan fingerprint density at radius 3 is 2.57 bits per heavy atom.